The van der Waals surface area contributed by atoms with Gasteiger partial charge in [0.05, 0.1) is 13.2 Å². The van der Waals surface area contributed by atoms with E-state index in [9.17, 15) is 9.90 Å². The maximum atomic E-state index is 12.0. The third-order valence-electron chi connectivity index (χ3n) is 3.46. The molecule has 1 heterocycles. The molecular formula is C14H20N2O4. The van der Waals surface area contributed by atoms with E-state index >= 15 is 0 Å². The first-order chi connectivity index (χ1) is 9.42. The van der Waals surface area contributed by atoms with Gasteiger partial charge in [0.25, 0.3) is 0 Å². The van der Waals surface area contributed by atoms with Gasteiger partial charge in [-0.05, 0) is 33.0 Å². The Morgan fingerprint density at radius 1 is 1.40 bits per heavy atom. The summed E-state index contributed by atoms with van der Waals surface area (Å²) in [6, 6.07) is 5.26. The van der Waals surface area contributed by atoms with Gasteiger partial charge in [-0.15, -0.1) is 0 Å². The highest BCUT2D eigenvalue weighted by Gasteiger charge is 2.24. The molecule has 1 amide bonds. The van der Waals surface area contributed by atoms with Crippen molar-refractivity contribution in [2.45, 2.75) is 19.4 Å². The molecule has 1 aromatic carbocycles. The molecule has 6 nitrogen and oxygen atoms in total. The lowest BCUT2D eigenvalue weighted by atomic mass is 10.1. The Kier molecular flexibility index (Phi) is 4.15. The summed E-state index contributed by atoms with van der Waals surface area (Å²) >= 11 is 0. The van der Waals surface area contributed by atoms with Gasteiger partial charge in [-0.3, -0.25) is 9.69 Å². The Morgan fingerprint density at radius 2 is 2.10 bits per heavy atom. The van der Waals surface area contributed by atoms with Crippen LogP contribution >= 0.6 is 0 Å². The molecule has 0 bridgehead atoms. The van der Waals surface area contributed by atoms with Crippen molar-refractivity contribution >= 4 is 11.6 Å². The smallest absolute Gasteiger partial charge is 0.238 e. The summed E-state index contributed by atoms with van der Waals surface area (Å²) in [6.07, 6.45) is 0. The van der Waals surface area contributed by atoms with E-state index in [0.717, 1.165) is 0 Å². The van der Waals surface area contributed by atoms with Gasteiger partial charge in [-0.2, -0.15) is 0 Å². The summed E-state index contributed by atoms with van der Waals surface area (Å²) in [4.78, 5) is 13.8. The highest BCUT2D eigenvalue weighted by molar-refractivity contribution is 5.92. The normalized spacial score (nSPS) is 13.7. The van der Waals surface area contributed by atoms with Gasteiger partial charge < -0.3 is 19.9 Å². The molecular weight excluding hydrogens is 260 g/mol. The summed E-state index contributed by atoms with van der Waals surface area (Å²) in [6.45, 7) is 4.14. The van der Waals surface area contributed by atoms with Crippen LogP contribution in [-0.4, -0.2) is 48.4 Å². The standard InChI is InChI=1S/C14H20N2O4/c1-14(2,8-17)16(3)7-13(18)15-10-4-5-11-12(6-10)20-9-19-11/h4-6,17H,7-9H2,1-3H3,(H,15,18). The molecule has 1 aliphatic heterocycles. The van der Waals surface area contributed by atoms with Gasteiger partial charge in [0, 0.05) is 17.3 Å². The number of ether oxygens (including phenoxy) is 2. The lowest BCUT2D eigenvalue weighted by molar-refractivity contribution is -0.118. The van der Waals surface area contributed by atoms with E-state index < -0.39 is 5.54 Å². The molecule has 0 aliphatic carbocycles. The van der Waals surface area contributed by atoms with Crippen LogP contribution in [0.2, 0.25) is 0 Å². The van der Waals surface area contributed by atoms with E-state index in [1.54, 1.807) is 30.1 Å². The Morgan fingerprint density at radius 3 is 2.80 bits per heavy atom. The van der Waals surface area contributed by atoms with Crippen LogP contribution in [0.15, 0.2) is 18.2 Å². The number of aliphatic hydroxyl groups excluding tert-OH is 1. The Balaban J connectivity index is 1.95. The molecule has 6 heteroatoms. The number of aliphatic hydroxyl groups is 1. The average molecular weight is 280 g/mol. The molecule has 0 aromatic heterocycles. The fraction of sp³-hybridized carbons (Fsp3) is 0.500. The van der Waals surface area contributed by atoms with E-state index in [1.165, 1.54) is 0 Å². The molecule has 0 fully saturated rings. The molecule has 0 radical (unpaired) electrons. The summed E-state index contributed by atoms with van der Waals surface area (Å²) in [7, 11) is 1.80. The number of carbonyl (C=O) groups is 1. The Labute approximate surface area is 118 Å². The van der Waals surface area contributed by atoms with Gasteiger partial charge in [0.15, 0.2) is 11.5 Å². The number of anilines is 1. The van der Waals surface area contributed by atoms with Crippen molar-refractivity contribution < 1.29 is 19.4 Å². The van der Waals surface area contributed by atoms with Gasteiger partial charge in [0.2, 0.25) is 12.7 Å². The SMILES string of the molecule is CN(CC(=O)Nc1ccc2c(c1)OCO2)C(C)(C)CO. The van der Waals surface area contributed by atoms with Crippen LogP contribution in [0.5, 0.6) is 11.5 Å². The monoisotopic (exact) mass is 280 g/mol. The van der Waals surface area contributed by atoms with Crippen molar-refractivity contribution in [2.75, 3.05) is 32.3 Å². The maximum Gasteiger partial charge on any atom is 0.238 e. The first-order valence-corrected chi connectivity index (χ1v) is 6.44. The minimum Gasteiger partial charge on any atom is -0.454 e. The zero-order valence-corrected chi connectivity index (χ0v) is 12.0. The van der Waals surface area contributed by atoms with E-state index in [-0.39, 0.29) is 25.9 Å². The van der Waals surface area contributed by atoms with Crippen molar-refractivity contribution in [2.24, 2.45) is 0 Å². The lowest BCUT2D eigenvalue weighted by Gasteiger charge is -2.33. The molecule has 110 valence electrons. The van der Waals surface area contributed by atoms with Crippen LogP contribution < -0.4 is 14.8 Å². The second kappa shape index (κ2) is 5.68. The van der Waals surface area contributed by atoms with Crippen molar-refractivity contribution in [3.05, 3.63) is 18.2 Å². The average Bonchev–Trinajstić information content (AvgIpc) is 2.85. The molecule has 0 saturated carbocycles. The first-order valence-electron chi connectivity index (χ1n) is 6.44. The summed E-state index contributed by atoms with van der Waals surface area (Å²) < 4.78 is 10.5. The number of nitrogens with one attached hydrogen (secondary N) is 1. The largest absolute Gasteiger partial charge is 0.454 e. The topological polar surface area (TPSA) is 71.0 Å². The van der Waals surface area contributed by atoms with Crippen LogP contribution in [0.3, 0.4) is 0 Å². The summed E-state index contributed by atoms with van der Waals surface area (Å²) in [5.41, 5.74) is 0.223. The van der Waals surface area contributed by atoms with Gasteiger partial charge in [-0.25, -0.2) is 0 Å². The van der Waals surface area contributed by atoms with Crippen molar-refractivity contribution in [1.29, 1.82) is 0 Å². The number of hydrogen-bond acceptors (Lipinski definition) is 5. The van der Waals surface area contributed by atoms with Crippen LogP contribution in [0.1, 0.15) is 13.8 Å². The highest BCUT2D eigenvalue weighted by atomic mass is 16.7. The number of nitrogens with zero attached hydrogens (tertiary/aromatic N) is 1. The third kappa shape index (κ3) is 3.20. The molecule has 0 saturated heterocycles. The Hall–Kier alpha value is -1.79. The Bertz CT molecular complexity index is 502. The minimum absolute atomic E-state index is 0.0131. The number of likely N-dealkylation sites (N-methyl/N-ethyl adjacent to an activating group) is 1. The predicted octanol–water partition coefficient (Wildman–Crippen LogP) is 1.06. The van der Waals surface area contributed by atoms with Crippen LogP contribution in [0.4, 0.5) is 5.69 Å². The number of carbonyl (C=O) groups excluding carboxylic acids is 1. The quantitative estimate of drug-likeness (QED) is 0.844. The van der Waals surface area contributed by atoms with E-state index in [4.69, 9.17) is 9.47 Å². The van der Waals surface area contributed by atoms with E-state index in [1.807, 2.05) is 13.8 Å². The molecule has 1 aliphatic rings. The number of rotatable bonds is 5. The fourth-order valence-corrected chi connectivity index (χ4v) is 1.72. The fourth-order valence-electron chi connectivity index (χ4n) is 1.72. The second-order valence-electron chi connectivity index (χ2n) is 5.44. The zero-order chi connectivity index (χ0) is 14.8. The van der Waals surface area contributed by atoms with Gasteiger partial charge >= 0.3 is 0 Å². The van der Waals surface area contributed by atoms with Crippen LogP contribution in [0.25, 0.3) is 0 Å². The van der Waals surface area contributed by atoms with Gasteiger partial charge in [0.1, 0.15) is 0 Å². The highest BCUT2D eigenvalue weighted by Crippen LogP contribution is 2.34. The number of fused-ring (bicyclic) bond motifs is 1. The lowest BCUT2D eigenvalue weighted by Crippen LogP contribution is -2.47. The minimum atomic E-state index is -0.438. The van der Waals surface area contributed by atoms with E-state index in [2.05, 4.69) is 5.32 Å². The molecule has 2 N–H and O–H groups in total. The molecule has 1 aromatic rings. The summed E-state index contributed by atoms with van der Waals surface area (Å²) in [5, 5.41) is 12.1. The van der Waals surface area contributed by atoms with E-state index in [0.29, 0.717) is 17.2 Å². The maximum absolute atomic E-state index is 12.0. The van der Waals surface area contributed by atoms with Gasteiger partial charge in [-0.1, -0.05) is 0 Å². The number of amides is 1. The first kappa shape index (κ1) is 14.6. The summed E-state index contributed by atoms with van der Waals surface area (Å²) in [5.74, 6) is 1.17. The second-order valence-corrected chi connectivity index (χ2v) is 5.44. The molecule has 0 atom stereocenters. The molecule has 2 rings (SSSR count). The predicted molar refractivity (Wildman–Crippen MR) is 75.0 cm³/mol. The number of benzene rings is 1. The third-order valence-corrected chi connectivity index (χ3v) is 3.46. The van der Waals surface area contributed by atoms with Crippen molar-refractivity contribution in [3.63, 3.8) is 0 Å². The van der Waals surface area contributed by atoms with Crippen molar-refractivity contribution in [1.82, 2.24) is 4.90 Å². The molecule has 0 unspecified atom stereocenters. The number of hydrogen-bond donors (Lipinski definition) is 2. The van der Waals surface area contributed by atoms with Crippen molar-refractivity contribution in [3.8, 4) is 11.5 Å². The van der Waals surface area contributed by atoms with Crippen LogP contribution in [-0.2, 0) is 4.79 Å². The molecule has 0 spiro atoms. The molecule has 20 heavy (non-hydrogen) atoms. The zero-order valence-electron chi connectivity index (χ0n) is 12.0. The van der Waals surface area contributed by atoms with Crippen LogP contribution in [0, 0.1) is 0 Å².